The highest BCUT2D eigenvalue weighted by atomic mass is 31.2. The molecule has 0 rings (SSSR count). The predicted octanol–water partition coefficient (Wildman–Crippen LogP) is 2.64. The average Bonchev–Trinajstić information content (AvgIpc) is 1.82. The molecule has 0 aromatic carbocycles. The van der Waals surface area contributed by atoms with Crippen LogP contribution in [0.15, 0.2) is 0 Å². The summed E-state index contributed by atoms with van der Waals surface area (Å²) in [4.78, 5) is 9.29. The normalized spacial score (nSPS) is 17.9. The zero-order valence-electron chi connectivity index (χ0n) is 8.50. The summed E-state index contributed by atoms with van der Waals surface area (Å²) < 4.78 is 16.3. The van der Waals surface area contributed by atoms with Gasteiger partial charge in [0.15, 0.2) is 0 Å². The van der Waals surface area contributed by atoms with Crippen LogP contribution in [0.2, 0.25) is 0 Å². The molecule has 0 bridgehead atoms. The molecule has 1 unspecified atom stereocenters. The van der Waals surface area contributed by atoms with Gasteiger partial charge in [-0.15, -0.1) is 0 Å². The minimum absolute atomic E-state index is 0.0622. The van der Waals surface area contributed by atoms with Crippen LogP contribution in [0.1, 0.15) is 34.6 Å². The van der Waals surface area contributed by atoms with E-state index in [-0.39, 0.29) is 11.1 Å². The van der Waals surface area contributed by atoms with Gasteiger partial charge in [-0.2, -0.15) is 0 Å². The molecule has 0 spiro atoms. The molecule has 0 aliphatic carbocycles. The Bertz CT molecular complexity index is 181. The third-order valence-electron chi connectivity index (χ3n) is 1.34. The first-order valence-corrected chi connectivity index (χ1v) is 5.77. The predicted molar refractivity (Wildman–Crippen MR) is 50.4 cm³/mol. The van der Waals surface area contributed by atoms with Crippen LogP contribution in [0.3, 0.4) is 0 Å². The first-order valence-electron chi connectivity index (χ1n) is 4.12. The lowest BCUT2D eigenvalue weighted by Crippen LogP contribution is -2.15. The van der Waals surface area contributed by atoms with E-state index in [1.165, 1.54) is 0 Å². The van der Waals surface area contributed by atoms with Crippen molar-refractivity contribution in [3.63, 3.8) is 0 Å². The molecule has 0 radical (unpaired) electrons. The van der Waals surface area contributed by atoms with Gasteiger partial charge >= 0.3 is 7.60 Å². The van der Waals surface area contributed by atoms with Crippen molar-refractivity contribution in [1.29, 1.82) is 0 Å². The maximum absolute atomic E-state index is 11.3. The highest BCUT2D eigenvalue weighted by molar-refractivity contribution is 7.53. The van der Waals surface area contributed by atoms with E-state index in [1.54, 1.807) is 13.8 Å². The van der Waals surface area contributed by atoms with Crippen molar-refractivity contribution in [2.24, 2.45) is 5.41 Å². The third kappa shape index (κ3) is 4.91. The van der Waals surface area contributed by atoms with Crippen LogP contribution >= 0.6 is 7.60 Å². The lowest BCUT2D eigenvalue weighted by atomic mass is 9.99. The van der Waals surface area contributed by atoms with Gasteiger partial charge in [0.2, 0.25) is 0 Å². The highest BCUT2D eigenvalue weighted by Gasteiger charge is 2.26. The second-order valence-corrected chi connectivity index (χ2v) is 6.91. The van der Waals surface area contributed by atoms with Crippen LogP contribution in [0.5, 0.6) is 0 Å². The van der Waals surface area contributed by atoms with Gasteiger partial charge in [0.1, 0.15) is 0 Å². The van der Waals surface area contributed by atoms with Crippen molar-refractivity contribution in [1.82, 2.24) is 0 Å². The molecule has 0 aromatic heterocycles. The highest BCUT2D eigenvalue weighted by Crippen LogP contribution is 2.47. The molecule has 3 nitrogen and oxygen atoms in total. The maximum atomic E-state index is 11.3. The van der Waals surface area contributed by atoms with Crippen LogP contribution in [0, 0.1) is 5.41 Å². The maximum Gasteiger partial charge on any atom is 0.330 e. The molecule has 12 heavy (non-hydrogen) atoms. The lowest BCUT2D eigenvalue weighted by molar-refractivity contribution is 0.171. The molecule has 0 aliphatic rings. The molecular formula is C8H19O3P. The van der Waals surface area contributed by atoms with Crippen LogP contribution in [-0.4, -0.2) is 17.2 Å². The van der Waals surface area contributed by atoms with Crippen molar-refractivity contribution < 1.29 is 14.0 Å². The first kappa shape index (κ1) is 12.2. The minimum Gasteiger partial charge on any atom is -0.324 e. The molecule has 1 atom stereocenters. The summed E-state index contributed by atoms with van der Waals surface area (Å²) >= 11 is 0. The standard InChI is InChI=1S/C8H19O3P/c1-7(2)12(9,10)11-6-8(3,4)5/h7H,6H2,1-5H3,(H,9,10). The third-order valence-corrected chi connectivity index (χ3v) is 3.14. The Morgan fingerprint density at radius 3 is 2.08 bits per heavy atom. The molecule has 0 saturated heterocycles. The summed E-state index contributed by atoms with van der Waals surface area (Å²) in [6.45, 7) is 9.58. The fraction of sp³-hybridized carbons (Fsp3) is 1.00. The van der Waals surface area contributed by atoms with Crippen molar-refractivity contribution in [2.45, 2.75) is 40.3 Å². The quantitative estimate of drug-likeness (QED) is 0.702. The summed E-state index contributed by atoms with van der Waals surface area (Å²) in [7, 11) is -3.36. The van der Waals surface area contributed by atoms with Gasteiger partial charge in [-0.1, -0.05) is 34.6 Å². The van der Waals surface area contributed by atoms with Gasteiger partial charge in [-0.25, -0.2) is 0 Å². The van der Waals surface area contributed by atoms with E-state index in [2.05, 4.69) is 0 Å². The van der Waals surface area contributed by atoms with Gasteiger partial charge in [0, 0.05) is 0 Å². The van der Waals surface area contributed by atoms with E-state index < -0.39 is 7.60 Å². The summed E-state index contributed by atoms with van der Waals surface area (Å²) in [5.41, 5.74) is -0.382. The van der Waals surface area contributed by atoms with E-state index in [1.807, 2.05) is 20.8 Å². The van der Waals surface area contributed by atoms with Crippen molar-refractivity contribution >= 4 is 7.60 Å². The van der Waals surface area contributed by atoms with Gasteiger partial charge in [-0.3, -0.25) is 4.57 Å². The molecule has 74 valence electrons. The smallest absolute Gasteiger partial charge is 0.324 e. The zero-order valence-corrected chi connectivity index (χ0v) is 9.39. The van der Waals surface area contributed by atoms with E-state index in [9.17, 15) is 9.46 Å². The van der Waals surface area contributed by atoms with Crippen LogP contribution in [-0.2, 0) is 9.09 Å². The summed E-state index contributed by atoms with van der Waals surface area (Å²) in [6.07, 6.45) is 0. The van der Waals surface area contributed by atoms with Gasteiger partial charge in [0.25, 0.3) is 0 Å². The molecule has 0 aromatic rings. The molecular weight excluding hydrogens is 175 g/mol. The molecule has 0 saturated carbocycles. The van der Waals surface area contributed by atoms with Crippen LogP contribution in [0.4, 0.5) is 0 Å². The average molecular weight is 194 g/mol. The lowest BCUT2D eigenvalue weighted by Gasteiger charge is -2.22. The van der Waals surface area contributed by atoms with Crippen molar-refractivity contribution in [3.05, 3.63) is 0 Å². The summed E-state index contributed by atoms with van der Waals surface area (Å²) in [6, 6.07) is 0. The molecule has 4 heteroatoms. The summed E-state index contributed by atoms with van der Waals surface area (Å²) in [5, 5.41) is 0. The first-order chi connectivity index (χ1) is 5.15. The number of hydrogen-bond donors (Lipinski definition) is 1. The van der Waals surface area contributed by atoms with E-state index >= 15 is 0 Å². The Hall–Kier alpha value is 0.150. The van der Waals surface area contributed by atoms with E-state index in [0.717, 1.165) is 0 Å². The number of hydrogen-bond acceptors (Lipinski definition) is 2. The molecule has 0 aliphatic heterocycles. The van der Waals surface area contributed by atoms with Crippen molar-refractivity contribution in [3.8, 4) is 0 Å². The monoisotopic (exact) mass is 194 g/mol. The second-order valence-electron chi connectivity index (χ2n) is 4.49. The topological polar surface area (TPSA) is 46.5 Å². The Balaban J connectivity index is 4.02. The Morgan fingerprint density at radius 2 is 1.83 bits per heavy atom. The van der Waals surface area contributed by atoms with Crippen molar-refractivity contribution in [2.75, 3.05) is 6.61 Å². The minimum atomic E-state index is -3.36. The molecule has 1 N–H and O–H groups in total. The Kier molecular flexibility index (Phi) is 3.95. The largest absolute Gasteiger partial charge is 0.330 e. The zero-order chi connectivity index (χ0) is 9.99. The van der Waals surface area contributed by atoms with E-state index in [0.29, 0.717) is 6.61 Å². The van der Waals surface area contributed by atoms with Gasteiger partial charge in [-0.05, 0) is 5.41 Å². The fourth-order valence-electron chi connectivity index (χ4n) is 0.435. The SMILES string of the molecule is CC(C)P(=O)(O)OCC(C)(C)C. The summed E-state index contributed by atoms with van der Waals surface area (Å²) in [5.74, 6) is 0. The molecule has 0 fully saturated rings. The Labute approximate surface area is 74.7 Å². The second kappa shape index (κ2) is 3.91. The van der Waals surface area contributed by atoms with Crippen LogP contribution in [0.25, 0.3) is 0 Å². The van der Waals surface area contributed by atoms with Gasteiger partial charge < -0.3 is 9.42 Å². The molecule has 0 heterocycles. The number of rotatable bonds is 3. The fourth-order valence-corrected chi connectivity index (χ4v) is 1.31. The van der Waals surface area contributed by atoms with Crippen LogP contribution < -0.4 is 0 Å². The van der Waals surface area contributed by atoms with E-state index in [4.69, 9.17) is 4.52 Å². The van der Waals surface area contributed by atoms with Gasteiger partial charge in [0.05, 0.1) is 12.3 Å². The molecule has 0 amide bonds. The Morgan fingerprint density at radius 1 is 1.42 bits per heavy atom.